The molecule has 10 rings (SSSR count). The minimum atomic E-state index is -0.123. The van der Waals surface area contributed by atoms with Gasteiger partial charge in [-0.15, -0.1) is 0 Å². The molecule has 9 aromatic rings. The Hall–Kier alpha value is -6.38. The maximum Gasteiger partial charge on any atom is 0.137 e. The summed E-state index contributed by atoms with van der Waals surface area (Å²) < 4.78 is 6.56. The summed E-state index contributed by atoms with van der Waals surface area (Å²) in [6.45, 7) is 11.6. The molecule has 0 unspecified atom stereocenters. The molecule has 0 fully saturated rings. The zero-order valence-corrected chi connectivity index (χ0v) is 32.0. The van der Waals surface area contributed by atoms with Gasteiger partial charge in [-0.1, -0.05) is 156 Å². The summed E-state index contributed by atoms with van der Waals surface area (Å²) in [5, 5.41) is 4.67. The third-order valence-corrected chi connectivity index (χ3v) is 11.8. The van der Waals surface area contributed by atoms with Crippen molar-refractivity contribution in [1.29, 1.82) is 0 Å². The second-order valence-corrected chi connectivity index (χ2v) is 16.6. The van der Waals surface area contributed by atoms with E-state index in [1.807, 2.05) is 6.07 Å². The molecule has 0 bridgehead atoms. The molecule has 0 spiro atoms. The van der Waals surface area contributed by atoms with Gasteiger partial charge < -0.3 is 9.32 Å². The molecule has 0 aliphatic heterocycles. The molecule has 0 saturated carbocycles. The highest BCUT2D eigenvalue weighted by Crippen LogP contribution is 2.53. The average Bonchev–Trinajstić information content (AvgIpc) is 3.69. The standard InChI is InChI=1S/C53H43NO/c1-52(2,3)37-25-30-47(44(32-37)34-15-7-6-8-16-34)54(38-26-28-43-42-20-12-14-22-49(42)55-50(43)33-38)48-29-24-35-17-9-10-18-39(35)51(48)36-23-27-41-40-19-11-13-21-45(40)53(4,5)46(41)31-36/h6-33H,1-5H3. The highest BCUT2D eigenvalue weighted by Gasteiger charge is 2.36. The Morgan fingerprint density at radius 1 is 0.473 bits per heavy atom. The Morgan fingerprint density at radius 2 is 1.16 bits per heavy atom. The van der Waals surface area contributed by atoms with Crippen LogP contribution in [0.25, 0.3) is 66.1 Å². The lowest BCUT2D eigenvalue weighted by atomic mass is 9.81. The summed E-state index contributed by atoms with van der Waals surface area (Å²) in [5.74, 6) is 0. The van der Waals surface area contributed by atoms with Crippen LogP contribution in [0, 0.1) is 0 Å². The lowest BCUT2D eigenvalue weighted by Gasteiger charge is -2.32. The monoisotopic (exact) mass is 709 g/mol. The molecule has 2 heteroatoms. The van der Waals surface area contributed by atoms with Crippen LogP contribution in [0.5, 0.6) is 0 Å². The number of hydrogen-bond donors (Lipinski definition) is 0. The van der Waals surface area contributed by atoms with Gasteiger partial charge in [0.25, 0.3) is 0 Å². The van der Waals surface area contributed by atoms with Gasteiger partial charge in [0.05, 0.1) is 11.4 Å². The van der Waals surface area contributed by atoms with Crippen molar-refractivity contribution in [2.45, 2.75) is 45.4 Å². The summed E-state index contributed by atoms with van der Waals surface area (Å²) in [6.07, 6.45) is 0. The van der Waals surface area contributed by atoms with Gasteiger partial charge >= 0.3 is 0 Å². The summed E-state index contributed by atoms with van der Waals surface area (Å²) in [7, 11) is 0. The molecule has 2 nitrogen and oxygen atoms in total. The fourth-order valence-corrected chi connectivity index (χ4v) is 8.92. The van der Waals surface area contributed by atoms with Crippen LogP contribution in [0.1, 0.15) is 51.3 Å². The highest BCUT2D eigenvalue weighted by molar-refractivity contribution is 6.09. The van der Waals surface area contributed by atoms with E-state index in [0.717, 1.165) is 39.0 Å². The first-order valence-electron chi connectivity index (χ1n) is 19.3. The molecule has 8 aromatic carbocycles. The number of benzene rings is 8. The van der Waals surface area contributed by atoms with Crippen LogP contribution in [0.3, 0.4) is 0 Å². The quantitative estimate of drug-likeness (QED) is 0.177. The molecular formula is C53H43NO. The predicted octanol–water partition coefficient (Wildman–Crippen LogP) is 15.1. The van der Waals surface area contributed by atoms with Crippen LogP contribution in [-0.4, -0.2) is 0 Å². The van der Waals surface area contributed by atoms with Gasteiger partial charge in [0.1, 0.15) is 11.2 Å². The summed E-state index contributed by atoms with van der Waals surface area (Å²) >= 11 is 0. The third kappa shape index (κ3) is 5.31. The molecule has 0 amide bonds. The Balaban J connectivity index is 1.29. The van der Waals surface area contributed by atoms with E-state index in [2.05, 4.69) is 203 Å². The first-order chi connectivity index (χ1) is 26.7. The molecule has 55 heavy (non-hydrogen) atoms. The predicted molar refractivity (Wildman–Crippen MR) is 233 cm³/mol. The van der Waals surface area contributed by atoms with Crippen LogP contribution in [0.15, 0.2) is 174 Å². The van der Waals surface area contributed by atoms with Crippen LogP contribution in [0.4, 0.5) is 17.1 Å². The molecule has 1 heterocycles. The van der Waals surface area contributed by atoms with E-state index in [4.69, 9.17) is 4.42 Å². The SMILES string of the molecule is CC(C)(C)c1ccc(N(c2ccc3c(c2)oc2ccccc23)c2ccc3ccccc3c2-c2ccc3c(c2)C(C)(C)c2ccccc2-3)c(-c2ccccc2)c1. The second kappa shape index (κ2) is 12.3. The first kappa shape index (κ1) is 33.2. The first-order valence-corrected chi connectivity index (χ1v) is 19.3. The summed E-state index contributed by atoms with van der Waals surface area (Å²) in [6, 6.07) is 62.4. The minimum Gasteiger partial charge on any atom is -0.456 e. The van der Waals surface area contributed by atoms with E-state index in [9.17, 15) is 0 Å². The van der Waals surface area contributed by atoms with Gasteiger partial charge in [0.15, 0.2) is 0 Å². The Bertz CT molecular complexity index is 2940. The summed E-state index contributed by atoms with van der Waals surface area (Å²) in [4.78, 5) is 2.47. The van der Waals surface area contributed by atoms with Crippen LogP contribution < -0.4 is 4.90 Å². The van der Waals surface area contributed by atoms with E-state index in [-0.39, 0.29) is 10.8 Å². The number of rotatable bonds is 5. The molecule has 1 aliphatic carbocycles. The number of furan rings is 1. The molecule has 0 atom stereocenters. The van der Waals surface area contributed by atoms with Crippen molar-refractivity contribution < 1.29 is 4.42 Å². The maximum absolute atomic E-state index is 6.56. The van der Waals surface area contributed by atoms with Crippen molar-refractivity contribution in [1.82, 2.24) is 0 Å². The van der Waals surface area contributed by atoms with Crippen molar-refractivity contribution >= 4 is 49.8 Å². The Labute approximate surface area is 323 Å². The second-order valence-electron chi connectivity index (χ2n) is 16.6. The molecule has 0 radical (unpaired) electrons. The number of hydrogen-bond acceptors (Lipinski definition) is 2. The average molecular weight is 710 g/mol. The van der Waals surface area contributed by atoms with Gasteiger partial charge in [0, 0.05) is 39.1 Å². The molecule has 0 N–H and O–H groups in total. The fraction of sp³-hybridized carbons (Fsp3) is 0.132. The molecule has 1 aliphatic rings. The van der Waals surface area contributed by atoms with E-state index in [1.54, 1.807) is 0 Å². The van der Waals surface area contributed by atoms with E-state index >= 15 is 0 Å². The lowest BCUT2D eigenvalue weighted by molar-refractivity contribution is 0.590. The van der Waals surface area contributed by atoms with Crippen LogP contribution >= 0.6 is 0 Å². The summed E-state index contributed by atoms with van der Waals surface area (Å²) in [5.41, 5.74) is 16.3. The van der Waals surface area contributed by atoms with Gasteiger partial charge in [0.2, 0.25) is 0 Å². The van der Waals surface area contributed by atoms with Gasteiger partial charge in [-0.05, 0) is 97.6 Å². The molecule has 0 saturated heterocycles. The van der Waals surface area contributed by atoms with Crippen molar-refractivity contribution in [3.63, 3.8) is 0 Å². The van der Waals surface area contributed by atoms with Crippen molar-refractivity contribution in [3.8, 4) is 33.4 Å². The third-order valence-electron chi connectivity index (χ3n) is 11.8. The van der Waals surface area contributed by atoms with Crippen LogP contribution in [-0.2, 0) is 10.8 Å². The normalized spacial score (nSPS) is 13.3. The van der Waals surface area contributed by atoms with E-state index < -0.39 is 0 Å². The molecule has 266 valence electrons. The van der Waals surface area contributed by atoms with Crippen LogP contribution in [0.2, 0.25) is 0 Å². The smallest absolute Gasteiger partial charge is 0.137 e. The van der Waals surface area contributed by atoms with Crippen molar-refractivity contribution in [3.05, 3.63) is 187 Å². The number of anilines is 3. The Morgan fingerprint density at radius 3 is 2.00 bits per heavy atom. The minimum absolute atomic E-state index is 0.0248. The number of nitrogens with zero attached hydrogens (tertiary/aromatic N) is 1. The zero-order valence-electron chi connectivity index (χ0n) is 32.0. The topological polar surface area (TPSA) is 16.4 Å². The van der Waals surface area contributed by atoms with Crippen molar-refractivity contribution in [2.75, 3.05) is 4.90 Å². The molecule has 1 aromatic heterocycles. The van der Waals surface area contributed by atoms with Gasteiger partial charge in [-0.25, -0.2) is 0 Å². The zero-order chi connectivity index (χ0) is 37.5. The van der Waals surface area contributed by atoms with E-state index in [1.165, 1.54) is 60.8 Å². The highest BCUT2D eigenvalue weighted by atomic mass is 16.3. The number of fused-ring (bicyclic) bond motifs is 7. The van der Waals surface area contributed by atoms with Crippen molar-refractivity contribution in [2.24, 2.45) is 0 Å². The molecular weight excluding hydrogens is 667 g/mol. The lowest BCUT2D eigenvalue weighted by Crippen LogP contribution is -2.16. The van der Waals surface area contributed by atoms with Gasteiger partial charge in [-0.2, -0.15) is 0 Å². The largest absolute Gasteiger partial charge is 0.456 e. The Kier molecular flexibility index (Phi) is 7.44. The maximum atomic E-state index is 6.56. The fourth-order valence-electron chi connectivity index (χ4n) is 8.92. The number of para-hydroxylation sites is 1. The van der Waals surface area contributed by atoms with Gasteiger partial charge in [-0.3, -0.25) is 0 Å². The van der Waals surface area contributed by atoms with E-state index in [0.29, 0.717) is 0 Å².